The Kier molecular flexibility index (Phi) is 4.54. The van der Waals surface area contributed by atoms with Crippen molar-refractivity contribution < 1.29 is 0 Å². The molecule has 0 bridgehead atoms. The molecule has 0 saturated heterocycles. The zero-order valence-electron chi connectivity index (χ0n) is 9.50. The standard InChI is InChI=1S/C11H18BrN3/c1-8(6-13)7-15(3)11-5-4-10(12)9(2)14-11/h4-5,8H,6-7,13H2,1-3H3. The number of nitrogens with two attached hydrogens (primary N) is 1. The van der Waals surface area contributed by atoms with Gasteiger partial charge < -0.3 is 10.6 Å². The molecule has 0 amide bonds. The smallest absolute Gasteiger partial charge is 0.128 e. The van der Waals surface area contributed by atoms with E-state index in [9.17, 15) is 0 Å². The van der Waals surface area contributed by atoms with Gasteiger partial charge in [-0.15, -0.1) is 0 Å². The van der Waals surface area contributed by atoms with Crippen molar-refractivity contribution in [2.24, 2.45) is 11.7 Å². The van der Waals surface area contributed by atoms with Crippen LogP contribution in [-0.2, 0) is 0 Å². The molecule has 1 aromatic rings. The highest BCUT2D eigenvalue weighted by molar-refractivity contribution is 9.10. The van der Waals surface area contributed by atoms with Crippen molar-refractivity contribution in [3.8, 4) is 0 Å². The van der Waals surface area contributed by atoms with Crippen LogP contribution < -0.4 is 10.6 Å². The zero-order chi connectivity index (χ0) is 11.4. The van der Waals surface area contributed by atoms with Crippen molar-refractivity contribution in [2.45, 2.75) is 13.8 Å². The van der Waals surface area contributed by atoms with Crippen LogP contribution in [0.25, 0.3) is 0 Å². The monoisotopic (exact) mass is 271 g/mol. The summed E-state index contributed by atoms with van der Waals surface area (Å²) < 4.78 is 1.05. The summed E-state index contributed by atoms with van der Waals surface area (Å²) in [5.41, 5.74) is 6.61. The van der Waals surface area contributed by atoms with E-state index in [1.54, 1.807) is 0 Å². The third-order valence-corrected chi connectivity index (χ3v) is 3.22. The predicted octanol–water partition coefficient (Wildman–Crippen LogP) is 2.18. The Balaban J connectivity index is 2.73. The number of hydrogen-bond donors (Lipinski definition) is 1. The van der Waals surface area contributed by atoms with E-state index in [-0.39, 0.29) is 0 Å². The molecular formula is C11H18BrN3. The number of halogens is 1. The van der Waals surface area contributed by atoms with Gasteiger partial charge in [0.2, 0.25) is 0 Å². The van der Waals surface area contributed by atoms with Gasteiger partial charge in [-0.1, -0.05) is 6.92 Å². The maximum absolute atomic E-state index is 5.60. The fourth-order valence-electron chi connectivity index (χ4n) is 1.38. The van der Waals surface area contributed by atoms with Gasteiger partial charge in [-0.2, -0.15) is 0 Å². The molecule has 3 nitrogen and oxygen atoms in total. The van der Waals surface area contributed by atoms with Crippen LogP contribution in [0.3, 0.4) is 0 Å². The average molecular weight is 272 g/mol. The third kappa shape index (κ3) is 3.47. The van der Waals surface area contributed by atoms with E-state index in [2.05, 4.69) is 32.7 Å². The van der Waals surface area contributed by atoms with E-state index in [1.807, 2.05) is 26.1 Å². The normalized spacial score (nSPS) is 12.6. The Morgan fingerprint density at radius 2 is 2.20 bits per heavy atom. The third-order valence-electron chi connectivity index (χ3n) is 2.39. The highest BCUT2D eigenvalue weighted by atomic mass is 79.9. The largest absolute Gasteiger partial charge is 0.359 e. The maximum Gasteiger partial charge on any atom is 0.128 e. The van der Waals surface area contributed by atoms with Crippen molar-refractivity contribution in [2.75, 3.05) is 25.0 Å². The molecule has 0 aliphatic carbocycles. The molecule has 1 aromatic heterocycles. The van der Waals surface area contributed by atoms with E-state index in [0.717, 1.165) is 22.5 Å². The maximum atomic E-state index is 5.60. The molecule has 4 heteroatoms. The first-order valence-electron chi connectivity index (χ1n) is 5.09. The second kappa shape index (κ2) is 5.47. The minimum atomic E-state index is 0.487. The van der Waals surface area contributed by atoms with Crippen LogP contribution >= 0.6 is 15.9 Å². The second-order valence-corrected chi connectivity index (χ2v) is 4.81. The summed E-state index contributed by atoms with van der Waals surface area (Å²) >= 11 is 3.44. The van der Waals surface area contributed by atoms with Gasteiger partial charge in [0.05, 0.1) is 5.69 Å². The number of rotatable bonds is 4. The number of pyridine rings is 1. The summed E-state index contributed by atoms with van der Waals surface area (Å²) in [6, 6.07) is 4.04. The Hall–Kier alpha value is -0.610. The first kappa shape index (κ1) is 12.5. The molecule has 1 atom stereocenters. The lowest BCUT2D eigenvalue weighted by atomic mass is 10.2. The molecule has 1 unspecified atom stereocenters. The molecule has 0 radical (unpaired) electrons. The van der Waals surface area contributed by atoms with Gasteiger partial charge in [0.25, 0.3) is 0 Å². The van der Waals surface area contributed by atoms with Crippen LogP contribution in [0.15, 0.2) is 16.6 Å². The Morgan fingerprint density at radius 3 is 2.73 bits per heavy atom. The van der Waals surface area contributed by atoms with Crippen molar-refractivity contribution in [1.29, 1.82) is 0 Å². The van der Waals surface area contributed by atoms with Gasteiger partial charge in [-0.25, -0.2) is 4.98 Å². The number of aryl methyl sites for hydroxylation is 1. The van der Waals surface area contributed by atoms with Gasteiger partial charge in [-0.05, 0) is 47.4 Å². The van der Waals surface area contributed by atoms with Gasteiger partial charge in [-0.3, -0.25) is 0 Å². The van der Waals surface area contributed by atoms with Gasteiger partial charge >= 0.3 is 0 Å². The minimum absolute atomic E-state index is 0.487. The van der Waals surface area contributed by atoms with Crippen molar-refractivity contribution >= 4 is 21.7 Å². The summed E-state index contributed by atoms with van der Waals surface area (Å²) in [6.45, 7) is 5.78. The summed E-state index contributed by atoms with van der Waals surface area (Å²) in [4.78, 5) is 6.63. The topological polar surface area (TPSA) is 42.2 Å². The van der Waals surface area contributed by atoms with Crippen LogP contribution in [0.4, 0.5) is 5.82 Å². The molecule has 2 N–H and O–H groups in total. The van der Waals surface area contributed by atoms with Gasteiger partial charge in [0.1, 0.15) is 5.82 Å². The molecule has 0 fully saturated rings. The lowest BCUT2D eigenvalue weighted by Gasteiger charge is -2.22. The van der Waals surface area contributed by atoms with E-state index in [4.69, 9.17) is 5.73 Å². The van der Waals surface area contributed by atoms with E-state index < -0.39 is 0 Å². The number of hydrogen-bond acceptors (Lipinski definition) is 3. The van der Waals surface area contributed by atoms with Gasteiger partial charge in [0, 0.05) is 18.1 Å². The molecule has 0 aromatic carbocycles. The summed E-state index contributed by atoms with van der Waals surface area (Å²) in [6.07, 6.45) is 0. The Morgan fingerprint density at radius 1 is 1.53 bits per heavy atom. The Bertz CT molecular complexity index is 328. The first-order chi connectivity index (χ1) is 7.04. The molecule has 84 valence electrons. The lowest BCUT2D eigenvalue weighted by molar-refractivity contribution is 0.587. The van der Waals surface area contributed by atoms with E-state index in [0.29, 0.717) is 12.5 Å². The minimum Gasteiger partial charge on any atom is -0.359 e. The summed E-state index contributed by atoms with van der Waals surface area (Å²) in [5.74, 6) is 1.48. The predicted molar refractivity (Wildman–Crippen MR) is 68.2 cm³/mol. The lowest BCUT2D eigenvalue weighted by Crippen LogP contribution is -2.28. The Labute approximate surface area is 99.8 Å². The van der Waals surface area contributed by atoms with Gasteiger partial charge in [0.15, 0.2) is 0 Å². The molecule has 0 spiro atoms. The highest BCUT2D eigenvalue weighted by Crippen LogP contribution is 2.18. The first-order valence-corrected chi connectivity index (χ1v) is 5.88. The van der Waals surface area contributed by atoms with E-state index in [1.165, 1.54) is 0 Å². The molecule has 0 aliphatic heterocycles. The average Bonchev–Trinajstić information content (AvgIpc) is 2.21. The van der Waals surface area contributed by atoms with E-state index >= 15 is 0 Å². The SMILES string of the molecule is Cc1nc(N(C)CC(C)CN)ccc1Br. The van der Waals surface area contributed by atoms with Crippen LogP contribution in [-0.4, -0.2) is 25.1 Å². The quantitative estimate of drug-likeness (QED) is 0.913. The number of anilines is 1. The molecular weight excluding hydrogens is 254 g/mol. The van der Waals surface area contributed by atoms with Crippen LogP contribution in [0.5, 0.6) is 0 Å². The van der Waals surface area contributed by atoms with Crippen molar-refractivity contribution in [3.05, 3.63) is 22.3 Å². The van der Waals surface area contributed by atoms with Crippen LogP contribution in [0, 0.1) is 12.8 Å². The fourth-order valence-corrected chi connectivity index (χ4v) is 1.60. The fraction of sp³-hybridized carbons (Fsp3) is 0.545. The van der Waals surface area contributed by atoms with Crippen molar-refractivity contribution in [1.82, 2.24) is 4.98 Å². The molecule has 0 saturated carbocycles. The number of aromatic nitrogens is 1. The van der Waals surface area contributed by atoms with Crippen LogP contribution in [0.1, 0.15) is 12.6 Å². The van der Waals surface area contributed by atoms with Crippen molar-refractivity contribution in [3.63, 3.8) is 0 Å². The molecule has 1 rings (SSSR count). The molecule has 0 aliphatic rings. The highest BCUT2D eigenvalue weighted by Gasteiger charge is 2.07. The second-order valence-electron chi connectivity index (χ2n) is 3.96. The molecule has 15 heavy (non-hydrogen) atoms. The summed E-state index contributed by atoms with van der Waals surface area (Å²) in [7, 11) is 2.04. The molecule has 1 heterocycles. The number of nitrogens with zero attached hydrogens (tertiary/aromatic N) is 2. The summed E-state index contributed by atoms with van der Waals surface area (Å²) in [5, 5.41) is 0. The van der Waals surface area contributed by atoms with Crippen LogP contribution in [0.2, 0.25) is 0 Å². The zero-order valence-corrected chi connectivity index (χ0v) is 11.1.